The van der Waals surface area contributed by atoms with Crippen molar-refractivity contribution in [3.05, 3.63) is 83.2 Å². The van der Waals surface area contributed by atoms with Crippen molar-refractivity contribution in [3.63, 3.8) is 0 Å². The van der Waals surface area contributed by atoms with Crippen molar-refractivity contribution in [1.29, 1.82) is 0 Å². The predicted octanol–water partition coefficient (Wildman–Crippen LogP) is 4.47. The number of methoxy groups -OCH3 is 1. The fourth-order valence-electron chi connectivity index (χ4n) is 2.98. The van der Waals surface area contributed by atoms with E-state index in [9.17, 15) is 9.59 Å². The van der Waals surface area contributed by atoms with E-state index in [1.54, 1.807) is 37.4 Å². The first kappa shape index (κ1) is 20.1. The molecule has 1 aromatic heterocycles. The molecule has 1 heterocycles. The molecule has 0 fully saturated rings. The van der Waals surface area contributed by atoms with Gasteiger partial charge in [0.05, 0.1) is 7.11 Å². The van der Waals surface area contributed by atoms with Gasteiger partial charge in [-0.2, -0.15) is 0 Å². The summed E-state index contributed by atoms with van der Waals surface area (Å²) in [6.07, 6.45) is 2.25. The van der Waals surface area contributed by atoms with Gasteiger partial charge in [0.1, 0.15) is 11.4 Å². The molecule has 0 atom stereocenters. The Labute approximate surface area is 169 Å². The third-order valence-electron chi connectivity index (χ3n) is 4.56. The van der Waals surface area contributed by atoms with Gasteiger partial charge in [-0.15, -0.1) is 0 Å². The van der Waals surface area contributed by atoms with Crippen LogP contribution in [-0.4, -0.2) is 23.9 Å². The second-order valence-corrected chi connectivity index (χ2v) is 6.53. The average molecular weight is 389 g/mol. The van der Waals surface area contributed by atoms with Crippen LogP contribution in [0.3, 0.4) is 0 Å². The van der Waals surface area contributed by atoms with Crippen LogP contribution in [0.4, 0.5) is 11.4 Å². The summed E-state index contributed by atoms with van der Waals surface area (Å²) in [6.45, 7) is 3.98. The fourth-order valence-corrected chi connectivity index (χ4v) is 2.98. The van der Waals surface area contributed by atoms with Crippen LogP contribution in [0.2, 0.25) is 0 Å². The van der Waals surface area contributed by atoms with Crippen molar-refractivity contribution < 1.29 is 14.3 Å². The molecule has 0 aliphatic heterocycles. The number of hydrogen-bond donors (Lipinski definition) is 2. The van der Waals surface area contributed by atoms with E-state index in [-0.39, 0.29) is 17.5 Å². The van der Waals surface area contributed by atoms with Crippen LogP contribution < -0.4 is 15.4 Å². The number of carbonyl (C=O) groups excluding carboxylic acids is 2. The molecule has 3 aromatic rings. The molecule has 148 valence electrons. The normalized spacial score (nSPS) is 10.3. The molecule has 0 spiro atoms. The second-order valence-electron chi connectivity index (χ2n) is 6.53. The van der Waals surface area contributed by atoms with Crippen LogP contribution in [0.1, 0.15) is 38.9 Å². The smallest absolute Gasteiger partial charge is 0.274 e. The van der Waals surface area contributed by atoms with Gasteiger partial charge in [-0.05, 0) is 48.7 Å². The lowest BCUT2D eigenvalue weighted by atomic mass is 10.1. The first-order chi connectivity index (χ1) is 14.0. The highest BCUT2D eigenvalue weighted by atomic mass is 16.5. The number of para-hydroxylation sites is 1. The standard InChI is InChI=1S/C23H23N3O3/c1-4-16-8-5-7-15(2)21(16)26-23(28)20-13-17(11-12-24-20)22(27)25-18-9-6-10-19(14-18)29-3/h5-14H,4H2,1-3H3,(H,25,27)(H,26,28). The maximum absolute atomic E-state index is 12.7. The minimum Gasteiger partial charge on any atom is -0.497 e. The van der Waals surface area contributed by atoms with Crippen LogP contribution in [-0.2, 0) is 6.42 Å². The van der Waals surface area contributed by atoms with Crippen LogP contribution in [0.25, 0.3) is 0 Å². The Morgan fingerprint density at radius 3 is 2.55 bits per heavy atom. The number of aryl methyl sites for hydroxylation is 2. The molecular weight excluding hydrogens is 366 g/mol. The van der Waals surface area contributed by atoms with Crippen molar-refractivity contribution >= 4 is 23.2 Å². The molecule has 2 N–H and O–H groups in total. The number of hydrogen-bond acceptors (Lipinski definition) is 4. The summed E-state index contributed by atoms with van der Waals surface area (Å²) in [6, 6.07) is 16.0. The van der Waals surface area contributed by atoms with Crippen LogP contribution in [0.5, 0.6) is 5.75 Å². The Kier molecular flexibility index (Phi) is 6.24. The number of aromatic nitrogens is 1. The summed E-state index contributed by atoms with van der Waals surface area (Å²) < 4.78 is 5.16. The number of nitrogens with one attached hydrogen (secondary N) is 2. The number of anilines is 2. The molecule has 29 heavy (non-hydrogen) atoms. The zero-order valence-corrected chi connectivity index (χ0v) is 16.7. The predicted molar refractivity (Wildman–Crippen MR) is 114 cm³/mol. The van der Waals surface area contributed by atoms with Crippen LogP contribution in [0, 0.1) is 6.92 Å². The quantitative estimate of drug-likeness (QED) is 0.652. The van der Waals surface area contributed by atoms with E-state index in [4.69, 9.17) is 4.74 Å². The summed E-state index contributed by atoms with van der Waals surface area (Å²) in [5.41, 5.74) is 3.93. The van der Waals surface area contributed by atoms with Gasteiger partial charge in [-0.25, -0.2) is 0 Å². The minimum absolute atomic E-state index is 0.175. The van der Waals surface area contributed by atoms with Crippen LogP contribution >= 0.6 is 0 Å². The summed E-state index contributed by atoms with van der Waals surface area (Å²) >= 11 is 0. The molecule has 3 rings (SSSR count). The lowest BCUT2D eigenvalue weighted by Gasteiger charge is -2.13. The van der Waals surface area contributed by atoms with Gasteiger partial charge < -0.3 is 15.4 Å². The van der Waals surface area contributed by atoms with Gasteiger partial charge in [0.15, 0.2) is 0 Å². The number of rotatable bonds is 6. The molecular formula is C23H23N3O3. The van der Waals surface area contributed by atoms with Crippen molar-refractivity contribution in [2.75, 3.05) is 17.7 Å². The molecule has 0 aliphatic rings. The molecule has 0 radical (unpaired) electrons. The molecule has 0 saturated heterocycles. The maximum atomic E-state index is 12.7. The number of carbonyl (C=O) groups is 2. The lowest BCUT2D eigenvalue weighted by molar-refractivity contribution is 0.102. The van der Waals surface area contributed by atoms with E-state index in [1.807, 2.05) is 32.0 Å². The molecule has 6 nitrogen and oxygen atoms in total. The zero-order valence-electron chi connectivity index (χ0n) is 16.7. The minimum atomic E-state index is -0.356. The molecule has 0 aliphatic carbocycles. The number of ether oxygens (including phenoxy) is 1. The molecule has 0 saturated carbocycles. The molecule has 0 bridgehead atoms. The monoisotopic (exact) mass is 389 g/mol. The zero-order chi connectivity index (χ0) is 20.8. The highest BCUT2D eigenvalue weighted by Crippen LogP contribution is 2.22. The molecule has 2 aromatic carbocycles. The van der Waals surface area contributed by atoms with Crippen molar-refractivity contribution in [1.82, 2.24) is 4.98 Å². The number of pyridine rings is 1. The maximum Gasteiger partial charge on any atom is 0.274 e. The van der Waals surface area contributed by atoms with E-state index in [0.717, 1.165) is 23.2 Å². The van der Waals surface area contributed by atoms with E-state index in [0.29, 0.717) is 17.0 Å². The first-order valence-electron chi connectivity index (χ1n) is 9.33. The lowest BCUT2D eigenvalue weighted by Crippen LogP contribution is -2.18. The number of amides is 2. The van der Waals surface area contributed by atoms with E-state index in [1.165, 1.54) is 12.3 Å². The summed E-state index contributed by atoms with van der Waals surface area (Å²) in [7, 11) is 1.56. The number of nitrogens with zero attached hydrogens (tertiary/aromatic N) is 1. The van der Waals surface area contributed by atoms with Gasteiger partial charge in [0, 0.05) is 29.2 Å². The van der Waals surface area contributed by atoms with E-state index in [2.05, 4.69) is 15.6 Å². The van der Waals surface area contributed by atoms with Crippen molar-refractivity contribution in [2.24, 2.45) is 0 Å². The Balaban J connectivity index is 1.78. The van der Waals surface area contributed by atoms with E-state index < -0.39 is 0 Å². The van der Waals surface area contributed by atoms with Gasteiger partial charge in [-0.3, -0.25) is 14.6 Å². The third-order valence-corrected chi connectivity index (χ3v) is 4.56. The van der Waals surface area contributed by atoms with E-state index >= 15 is 0 Å². The second kappa shape index (κ2) is 9.01. The van der Waals surface area contributed by atoms with Crippen molar-refractivity contribution in [2.45, 2.75) is 20.3 Å². The van der Waals surface area contributed by atoms with Gasteiger partial charge >= 0.3 is 0 Å². The first-order valence-corrected chi connectivity index (χ1v) is 9.33. The summed E-state index contributed by atoms with van der Waals surface area (Å²) in [5, 5.41) is 5.72. The SMILES string of the molecule is CCc1cccc(C)c1NC(=O)c1cc(C(=O)Nc2cccc(OC)c2)ccn1. The average Bonchev–Trinajstić information content (AvgIpc) is 2.75. The van der Waals surface area contributed by atoms with Gasteiger partial charge in [0.2, 0.25) is 0 Å². The van der Waals surface area contributed by atoms with Crippen molar-refractivity contribution in [3.8, 4) is 5.75 Å². The molecule has 0 unspecified atom stereocenters. The molecule has 2 amide bonds. The van der Waals surface area contributed by atoms with Crippen LogP contribution in [0.15, 0.2) is 60.8 Å². The Morgan fingerprint density at radius 2 is 1.79 bits per heavy atom. The van der Waals surface area contributed by atoms with Gasteiger partial charge in [-0.1, -0.05) is 31.2 Å². The Morgan fingerprint density at radius 1 is 1.00 bits per heavy atom. The molecule has 6 heteroatoms. The van der Waals surface area contributed by atoms with Gasteiger partial charge in [0.25, 0.3) is 11.8 Å². The Bertz CT molecular complexity index is 1050. The topological polar surface area (TPSA) is 80.3 Å². The summed E-state index contributed by atoms with van der Waals surface area (Å²) in [4.78, 5) is 29.4. The highest BCUT2D eigenvalue weighted by Gasteiger charge is 2.15. The third kappa shape index (κ3) is 4.79. The summed E-state index contributed by atoms with van der Waals surface area (Å²) in [5.74, 6) is -0.0487. The number of benzene rings is 2. The Hall–Kier alpha value is -3.67. The highest BCUT2D eigenvalue weighted by molar-refractivity contribution is 6.08. The fraction of sp³-hybridized carbons (Fsp3) is 0.174. The largest absolute Gasteiger partial charge is 0.497 e.